The third-order valence-corrected chi connectivity index (χ3v) is 4.44. The number of methoxy groups -OCH3 is 1. The fraction of sp³-hybridized carbons (Fsp3) is 0.214. The maximum Gasteiger partial charge on any atom is 0.338 e. The highest BCUT2D eigenvalue weighted by atomic mass is 32.1. The van der Waals surface area contributed by atoms with E-state index >= 15 is 0 Å². The van der Waals surface area contributed by atoms with Crippen LogP contribution in [0.15, 0.2) is 24.3 Å². The summed E-state index contributed by atoms with van der Waals surface area (Å²) >= 11 is 6.19. The number of aliphatic carboxylic acids is 1. The van der Waals surface area contributed by atoms with E-state index < -0.39 is 18.5 Å². The van der Waals surface area contributed by atoms with Crippen LogP contribution >= 0.6 is 23.6 Å². The predicted octanol–water partition coefficient (Wildman–Crippen LogP) is 2.45. The van der Waals surface area contributed by atoms with Crippen LogP contribution in [0.5, 0.6) is 5.88 Å². The number of thiazole rings is 1. The minimum Gasteiger partial charge on any atom is -0.494 e. The number of ether oxygens (including phenoxy) is 1. The van der Waals surface area contributed by atoms with Crippen LogP contribution in [0.1, 0.15) is 20.8 Å². The van der Waals surface area contributed by atoms with Crippen LogP contribution in [0.4, 0.5) is 0 Å². The van der Waals surface area contributed by atoms with E-state index in [1.165, 1.54) is 7.11 Å². The summed E-state index contributed by atoms with van der Waals surface area (Å²) < 4.78 is 6.15. The Labute approximate surface area is 135 Å². The van der Waals surface area contributed by atoms with Crippen molar-refractivity contribution in [3.8, 4) is 5.88 Å². The van der Waals surface area contributed by atoms with Crippen LogP contribution < -0.4 is 0 Å². The van der Waals surface area contributed by atoms with E-state index in [1.54, 1.807) is 24.3 Å². The van der Waals surface area contributed by atoms with E-state index in [2.05, 4.69) is 0 Å². The Bertz CT molecular complexity index is 778. The molecule has 0 atom stereocenters. The molecule has 0 aliphatic heterocycles. The van der Waals surface area contributed by atoms with Gasteiger partial charge in [0.1, 0.15) is 6.54 Å². The third kappa shape index (κ3) is 3.34. The van der Waals surface area contributed by atoms with Gasteiger partial charge in [0.15, 0.2) is 3.95 Å². The number of esters is 1. The van der Waals surface area contributed by atoms with Crippen LogP contribution in [-0.2, 0) is 22.5 Å². The minimum atomic E-state index is -1.09. The summed E-state index contributed by atoms with van der Waals surface area (Å²) in [6.07, 6.45) is 0.262. The lowest BCUT2D eigenvalue weighted by Gasteiger charge is -2.07. The zero-order valence-electron chi connectivity index (χ0n) is 11.6. The number of rotatable bonds is 5. The quantitative estimate of drug-likeness (QED) is 0.642. The number of aromatic hydroxyl groups is 1. The molecule has 8 heteroatoms. The van der Waals surface area contributed by atoms with E-state index in [9.17, 15) is 14.7 Å². The molecule has 0 saturated carbocycles. The van der Waals surface area contributed by atoms with Crippen molar-refractivity contribution < 1.29 is 24.5 Å². The number of hydrogen-bond acceptors (Lipinski definition) is 6. The second-order valence-corrected chi connectivity index (χ2v) is 6.15. The van der Waals surface area contributed by atoms with Gasteiger partial charge in [-0.15, -0.1) is 11.3 Å². The number of aromatic nitrogens is 1. The van der Waals surface area contributed by atoms with Gasteiger partial charge in [0.25, 0.3) is 0 Å². The highest BCUT2D eigenvalue weighted by molar-refractivity contribution is 7.73. The second kappa shape index (κ2) is 6.71. The van der Waals surface area contributed by atoms with Gasteiger partial charge in [0, 0.05) is 6.42 Å². The zero-order valence-corrected chi connectivity index (χ0v) is 13.2. The van der Waals surface area contributed by atoms with Gasteiger partial charge in [-0.25, -0.2) is 4.79 Å². The lowest BCUT2D eigenvalue weighted by atomic mass is 10.0. The molecule has 0 saturated heterocycles. The van der Waals surface area contributed by atoms with Crippen molar-refractivity contribution in [3.63, 3.8) is 0 Å². The smallest absolute Gasteiger partial charge is 0.338 e. The van der Waals surface area contributed by atoms with Gasteiger partial charge >= 0.3 is 11.9 Å². The fourth-order valence-electron chi connectivity index (χ4n) is 1.99. The number of nitrogens with zero attached hydrogens (tertiary/aromatic N) is 1. The zero-order chi connectivity index (χ0) is 16.3. The first-order valence-electron chi connectivity index (χ1n) is 6.23. The highest BCUT2D eigenvalue weighted by Crippen LogP contribution is 2.29. The Morgan fingerprint density at radius 3 is 2.68 bits per heavy atom. The van der Waals surface area contributed by atoms with Crippen molar-refractivity contribution >= 4 is 35.5 Å². The molecular weight excluding hydrogens is 326 g/mol. The van der Waals surface area contributed by atoms with Gasteiger partial charge in [0.2, 0.25) is 5.88 Å². The fourth-order valence-corrected chi connectivity index (χ4v) is 3.34. The average molecular weight is 339 g/mol. The lowest BCUT2D eigenvalue weighted by Crippen LogP contribution is -2.08. The molecule has 1 aromatic carbocycles. The average Bonchev–Trinajstić information content (AvgIpc) is 2.74. The monoisotopic (exact) mass is 339 g/mol. The summed E-state index contributed by atoms with van der Waals surface area (Å²) in [7, 11) is 1.30. The van der Waals surface area contributed by atoms with E-state index in [0.717, 1.165) is 15.9 Å². The number of carbonyl (C=O) groups is 2. The topological polar surface area (TPSA) is 88.8 Å². The van der Waals surface area contributed by atoms with Crippen molar-refractivity contribution in [3.05, 3.63) is 44.2 Å². The molecule has 2 aromatic rings. The Morgan fingerprint density at radius 1 is 1.36 bits per heavy atom. The highest BCUT2D eigenvalue weighted by Gasteiger charge is 2.17. The van der Waals surface area contributed by atoms with Crippen LogP contribution in [-0.4, -0.2) is 33.8 Å². The van der Waals surface area contributed by atoms with Crippen LogP contribution in [0, 0.1) is 3.95 Å². The summed E-state index contributed by atoms with van der Waals surface area (Å²) in [6.45, 7) is -0.403. The molecule has 22 heavy (non-hydrogen) atoms. The van der Waals surface area contributed by atoms with Crippen molar-refractivity contribution in [2.45, 2.75) is 13.0 Å². The van der Waals surface area contributed by atoms with Crippen LogP contribution in [0.3, 0.4) is 0 Å². The van der Waals surface area contributed by atoms with Crippen LogP contribution in [0.2, 0.25) is 0 Å². The van der Waals surface area contributed by atoms with Gasteiger partial charge < -0.3 is 14.9 Å². The SMILES string of the molecule is COC(=O)c1ccccc1Cc1sc(=S)n(CC(=O)O)c1O. The van der Waals surface area contributed by atoms with Gasteiger partial charge in [0.05, 0.1) is 17.6 Å². The van der Waals surface area contributed by atoms with E-state index in [1.807, 2.05) is 0 Å². The van der Waals surface area contributed by atoms with Crippen LogP contribution in [0.25, 0.3) is 0 Å². The molecule has 0 amide bonds. The van der Waals surface area contributed by atoms with Gasteiger partial charge in [-0.05, 0) is 23.8 Å². The lowest BCUT2D eigenvalue weighted by molar-refractivity contribution is -0.137. The number of carbonyl (C=O) groups excluding carboxylic acids is 1. The van der Waals surface area contributed by atoms with Crippen molar-refractivity contribution in [1.29, 1.82) is 0 Å². The van der Waals surface area contributed by atoms with Gasteiger partial charge in [-0.1, -0.05) is 18.2 Å². The first-order chi connectivity index (χ1) is 10.4. The van der Waals surface area contributed by atoms with E-state index in [4.69, 9.17) is 22.1 Å². The van der Waals surface area contributed by atoms with Gasteiger partial charge in [-0.2, -0.15) is 0 Å². The third-order valence-electron chi connectivity index (χ3n) is 3.00. The summed E-state index contributed by atoms with van der Waals surface area (Å²) in [6, 6.07) is 6.86. The molecule has 2 N–H and O–H groups in total. The second-order valence-electron chi connectivity index (χ2n) is 4.42. The molecule has 1 aromatic heterocycles. The Kier molecular flexibility index (Phi) is 4.94. The normalized spacial score (nSPS) is 10.4. The molecule has 0 spiro atoms. The van der Waals surface area contributed by atoms with Gasteiger partial charge in [-0.3, -0.25) is 9.36 Å². The Morgan fingerprint density at radius 2 is 2.05 bits per heavy atom. The molecule has 0 radical (unpaired) electrons. The number of benzene rings is 1. The molecule has 116 valence electrons. The molecule has 0 fully saturated rings. The van der Waals surface area contributed by atoms with Crippen molar-refractivity contribution in [2.24, 2.45) is 0 Å². The first kappa shape index (κ1) is 16.2. The molecular formula is C14H13NO5S2. The van der Waals surface area contributed by atoms with Crippen molar-refractivity contribution in [2.75, 3.05) is 7.11 Å². The number of carboxylic acid groups (broad SMARTS) is 1. The molecule has 0 unspecified atom stereocenters. The molecule has 0 aliphatic rings. The number of hydrogen-bond donors (Lipinski definition) is 2. The molecule has 6 nitrogen and oxygen atoms in total. The minimum absolute atomic E-state index is 0.183. The summed E-state index contributed by atoms with van der Waals surface area (Å²) in [5, 5.41) is 19.0. The molecule has 0 aliphatic carbocycles. The molecule has 1 heterocycles. The summed E-state index contributed by atoms with van der Waals surface area (Å²) in [5.41, 5.74) is 1.07. The first-order valence-corrected chi connectivity index (χ1v) is 7.46. The number of carboxylic acids is 1. The molecule has 2 rings (SSSR count). The van der Waals surface area contributed by atoms with Crippen molar-refractivity contribution in [1.82, 2.24) is 4.57 Å². The van der Waals surface area contributed by atoms with E-state index in [-0.39, 0.29) is 16.3 Å². The Hall–Kier alpha value is -2.19. The standard InChI is InChI=1S/C14H13NO5S2/c1-20-13(19)9-5-3-2-4-8(9)6-10-12(18)15(7-11(16)17)14(21)22-10/h2-5,18H,6-7H2,1H3,(H,16,17). The largest absolute Gasteiger partial charge is 0.494 e. The maximum absolute atomic E-state index is 11.7. The Balaban J connectivity index is 2.39. The summed E-state index contributed by atoms with van der Waals surface area (Å²) in [4.78, 5) is 23.0. The predicted molar refractivity (Wildman–Crippen MR) is 83.0 cm³/mol. The summed E-state index contributed by atoms with van der Waals surface area (Å²) in [5.74, 6) is -1.74. The van der Waals surface area contributed by atoms with E-state index in [0.29, 0.717) is 16.0 Å². The maximum atomic E-state index is 11.7. The molecule has 0 bridgehead atoms.